The van der Waals surface area contributed by atoms with E-state index >= 15 is 0 Å². The lowest BCUT2D eigenvalue weighted by Crippen LogP contribution is -2.30. The monoisotopic (exact) mass is 530 g/mol. The number of ether oxygens (including phenoxy) is 2. The molecule has 0 bridgehead atoms. The van der Waals surface area contributed by atoms with Crippen molar-refractivity contribution in [3.63, 3.8) is 0 Å². The summed E-state index contributed by atoms with van der Waals surface area (Å²) in [6.45, 7) is 6.54. The second-order valence-corrected chi connectivity index (χ2v) is 8.86. The molecule has 0 radical (unpaired) electrons. The highest BCUT2D eigenvalue weighted by molar-refractivity contribution is 6.00. The van der Waals surface area contributed by atoms with Crippen molar-refractivity contribution in [2.24, 2.45) is 5.73 Å². The summed E-state index contributed by atoms with van der Waals surface area (Å²) >= 11 is 0. The van der Waals surface area contributed by atoms with Gasteiger partial charge in [0.05, 0.1) is 5.56 Å². The molecule has 12 heteroatoms. The van der Waals surface area contributed by atoms with Gasteiger partial charge in [-0.05, 0) is 51.1 Å². The van der Waals surface area contributed by atoms with E-state index in [0.717, 1.165) is 0 Å². The number of amidine groups is 1. The molecule has 4 rings (SSSR count). The highest BCUT2D eigenvalue weighted by Gasteiger charge is 2.22. The van der Waals surface area contributed by atoms with Gasteiger partial charge in [-0.2, -0.15) is 9.97 Å². The number of aromatic nitrogens is 4. The predicted molar refractivity (Wildman–Crippen MR) is 146 cm³/mol. The minimum Gasteiger partial charge on any atom is -0.437 e. The van der Waals surface area contributed by atoms with E-state index < -0.39 is 0 Å². The number of fused-ring (bicyclic) bond motifs is 1. The number of nitrogens with zero attached hydrogens (tertiary/aromatic N) is 5. The molecular formula is C27H30N8O4. The fraction of sp³-hybridized carbons (Fsp3) is 0.259. The SMILES string of the molecule is CCN(CC)C(=O)c1ccc(C(=N)N)cc1Oc1nc(Oc2cccc(C(=O)N(C)C)c2)c2nc(C)[nH]c2n1. The summed E-state index contributed by atoms with van der Waals surface area (Å²) < 4.78 is 12.1. The Morgan fingerprint density at radius 1 is 0.974 bits per heavy atom. The highest BCUT2D eigenvalue weighted by Crippen LogP contribution is 2.32. The number of nitrogens with two attached hydrogens (primary N) is 1. The first-order valence-electron chi connectivity index (χ1n) is 12.3. The van der Waals surface area contributed by atoms with Gasteiger partial charge in [0.25, 0.3) is 17.7 Å². The maximum atomic E-state index is 13.2. The summed E-state index contributed by atoms with van der Waals surface area (Å²) in [7, 11) is 3.33. The van der Waals surface area contributed by atoms with Gasteiger partial charge in [-0.15, -0.1) is 0 Å². The highest BCUT2D eigenvalue weighted by atomic mass is 16.5. The van der Waals surface area contributed by atoms with Gasteiger partial charge in [-0.25, -0.2) is 4.98 Å². The number of nitrogens with one attached hydrogen (secondary N) is 2. The van der Waals surface area contributed by atoms with Gasteiger partial charge in [0.2, 0.25) is 0 Å². The number of nitrogen functional groups attached to an aromatic ring is 1. The van der Waals surface area contributed by atoms with E-state index in [0.29, 0.717) is 47.0 Å². The van der Waals surface area contributed by atoms with Gasteiger partial charge in [0.1, 0.15) is 23.2 Å². The minimum absolute atomic E-state index is 0.0909. The zero-order valence-corrected chi connectivity index (χ0v) is 22.4. The van der Waals surface area contributed by atoms with Gasteiger partial charge in [-0.1, -0.05) is 12.1 Å². The van der Waals surface area contributed by atoms with Crippen molar-refractivity contribution in [2.45, 2.75) is 20.8 Å². The fourth-order valence-electron chi connectivity index (χ4n) is 3.88. The first kappa shape index (κ1) is 27.0. The lowest BCUT2D eigenvalue weighted by atomic mass is 10.1. The van der Waals surface area contributed by atoms with Gasteiger partial charge < -0.3 is 30.0 Å². The second kappa shape index (κ2) is 11.2. The van der Waals surface area contributed by atoms with Crippen LogP contribution in [-0.2, 0) is 0 Å². The summed E-state index contributed by atoms with van der Waals surface area (Å²) in [5, 5.41) is 7.83. The molecule has 0 unspecified atom stereocenters. The lowest BCUT2D eigenvalue weighted by Gasteiger charge is -2.20. The summed E-state index contributed by atoms with van der Waals surface area (Å²) in [6.07, 6.45) is 0. The first-order valence-corrected chi connectivity index (χ1v) is 12.3. The number of amides is 2. The molecule has 0 fully saturated rings. The lowest BCUT2D eigenvalue weighted by molar-refractivity contribution is 0.0769. The molecule has 0 aliphatic carbocycles. The van der Waals surface area contributed by atoms with Gasteiger partial charge in [-0.3, -0.25) is 15.0 Å². The maximum Gasteiger partial charge on any atom is 0.327 e. The van der Waals surface area contributed by atoms with Crippen LogP contribution in [0.25, 0.3) is 11.2 Å². The standard InChI is InChI=1S/C27H30N8O4/c1-6-35(7-2)26(37)19-12-11-16(22(28)29)14-20(19)39-27-32-23-21(30-15(3)31-23)24(33-27)38-18-10-8-9-17(13-18)25(36)34(4)5/h8-14H,6-7H2,1-5H3,(H3,28,29)(H,30,31,32,33). The van der Waals surface area contributed by atoms with Crippen LogP contribution >= 0.6 is 0 Å². The van der Waals surface area contributed by atoms with Gasteiger partial charge in [0, 0.05) is 38.3 Å². The summed E-state index contributed by atoms with van der Waals surface area (Å²) in [5.74, 6) is 0.566. The topological polar surface area (TPSA) is 163 Å². The van der Waals surface area contributed by atoms with E-state index in [2.05, 4.69) is 19.9 Å². The average molecular weight is 531 g/mol. The van der Waals surface area contributed by atoms with Crippen molar-refractivity contribution in [2.75, 3.05) is 27.2 Å². The number of rotatable bonds is 9. The van der Waals surface area contributed by atoms with Crippen LogP contribution in [0.15, 0.2) is 42.5 Å². The Labute approximate surface area is 225 Å². The molecule has 0 spiro atoms. The molecule has 0 atom stereocenters. The Morgan fingerprint density at radius 3 is 2.38 bits per heavy atom. The quantitative estimate of drug-likeness (QED) is 0.218. The largest absolute Gasteiger partial charge is 0.437 e. The third kappa shape index (κ3) is 5.79. The molecule has 2 aromatic heterocycles. The van der Waals surface area contributed by atoms with E-state index in [9.17, 15) is 9.59 Å². The molecule has 0 saturated carbocycles. The second-order valence-electron chi connectivity index (χ2n) is 8.86. The molecule has 2 aromatic carbocycles. The Bertz CT molecular complexity index is 1560. The number of carbonyl (C=O) groups excluding carboxylic acids is 2. The zero-order valence-electron chi connectivity index (χ0n) is 22.4. The summed E-state index contributed by atoms with van der Waals surface area (Å²) in [5.41, 5.74) is 7.50. The zero-order chi connectivity index (χ0) is 28.3. The van der Waals surface area contributed by atoms with Crippen LogP contribution in [0.1, 0.15) is 46.0 Å². The van der Waals surface area contributed by atoms with Crippen LogP contribution in [0.3, 0.4) is 0 Å². The van der Waals surface area contributed by atoms with Crippen molar-refractivity contribution in [3.8, 4) is 23.4 Å². The number of hydrogen-bond acceptors (Lipinski definition) is 8. The van der Waals surface area contributed by atoms with Crippen molar-refractivity contribution < 1.29 is 19.1 Å². The third-order valence-corrected chi connectivity index (χ3v) is 5.89. The van der Waals surface area contributed by atoms with Crippen LogP contribution < -0.4 is 15.2 Å². The van der Waals surface area contributed by atoms with Gasteiger partial charge in [0.15, 0.2) is 11.2 Å². The number of carbonyl (C=O) groups is 2. The van der Waals surface area contributed by atoms with Crippen LogP contribution in [0, 0.1) is 12.3 Å². The number of aryl methyl sites for hydroxylation is 1. The molecule has 202 valence electrons. The molecule has 4 aromatic rings. The molecule has 39 heavy (non-hydrogen) atoms. The number of hydrogen-bond donors (Lipinski definition) is 3. The third-order valence-electron chi connectivity index (χ3n) is 5.89. The summed E-state index contributed by atoms with van der Waals surface area (Å²) in [4.78, 5) is 45.1. The number of imidazole rings is 1. The van der Waals surface area contributed by atoms with Crippen molar-refractivity contribution in [1.29, 1.82) is 5.41 Å². The van der Waals surface area contributed by atoms with E-state index in [1.54, 1.807) is 62.3 Å². The molecule has 0 saturated heterocycles. The van der Waals surface area contributed by atoms with Crippen molar-refractivity contribution in [3.05, 3.63) is 65.0 Å². The van der Waals surface area contributed by atoms with E-state index in [1.165, 1.54) is 11.0 Å². The number of benzene rings is 2. The molecular weight excluding hydrogens is 500 g/mol. The number of aromatic amines is 1. The van der Waals surface area contributed by atoms with E-state index in [4.69, 9.17) is 20.6 Å². The van der Waals surface area contributed by atoms with Crippen LogP contribution in [-0.4, -0.2) is 74.6 Å². The molecule has 0 aliphatic heterocycles. The normalized spacial score (nSPS) is 10.8. The van der Waals surface area contributed by atoms with E-state index in [1.807, 2.05) is 13.8 Å². The van der Waals surface area contributed by atoms with E-state index in [-0.39, 0.29) is 40.9 Å². The fourth-order valence-corrected chi connectivity index (χ4v) is 3.88. The van der Waals surface area contributed by atoms with Gasteiger partial charge >= 0.3 is 6.01 Å². The number of H-pyrrole nitrogens is 1. The Morgan fingerprint density at radius 2 is 1.72 bits per heavy atom. The maximum absolute atomic E-state index is 13.2. The molecule has 2 amide bonds. The van der Waals surface area contributed by atoms with Crippen LogP contribution in [0.2, 0.25) is 0 Å². The smallest absolute Gasteiger partial charge is 0.327 e. The molecule has 0 aliphatic rings. The van der Waals surface area contributed by atoms with Crippen LogP contribution in [0.4, 0.5) is 0 Å². The van der Waals surface area contributed by atoms with Crippen molar-refractivity contribution >= 4 is 28.8 Å². The Balaban J connectivity index is 1.77. The average Bonchev–Trinajstić information content (AvgIpc) is 3.29. The first-order chi connectivity index (χ1) is 18.6. The van der Waals surface area contributed by atoms with Crippen molar-refractivity contribution in [1.82, 2.24) is 29.7 Å². The molecule has 2 heterocycles. The molecule has 12 nitrogen and oxygen atoms in total. The Kier molecular flexibility index (Phi) is 7.75. The summed E-state index contributed by atoms with van der Waals surface area (Å²) in [6, 6.07) is 11.2. The van der Waals surface area contributed by atoms with Crippen LogP contribution in [0.5, 0.6) is 23.4 Å². The minimum atomic E-state index is -0.248. The predicted octanol–water partition coefficient (Wildman–Crippen LogP) is 3.71. The Hall–Kier alpha value is -5.00. The molecule has 4 N–H and O–H groups in total.